The van der Waals surface area contributed by atoms with Crippen molar-refractivity contribution in [2.75, 3.05) is 0 Å². The van der Waals surface area contributed by atoms with Gasteiger partial charge in [-0.25, -0.2) is 13.1 Å². The molecule has 2 rings (SSSR count). The first-order valence-corrected chi connectivity index (χ1v) is 8.04. The fourth-order valence-electron chi connectivity index (χ4n) is 2.49. The zero-order valence-corrected chi connectivity index (χ0v) is 11.8. The van der Waals surface area contributed by atoms with Gasteiger partial charge in [-0.05, 0) is 37.0 Å². The van der Waals surface area contributed by atoms with Crippen LogP contribution in [-0.2, 0) is 10.0 Å². The standard InChI is InChI=1S/C14H18N2O2S/c1-11-5-2-3-8-14(11)16-19(17,18)13-7-4-6-12(9-13)10-15/h4,6-7,9,11,14,16H,2-3,5,8H2,1H3. The quantitative estimate of drug-likeness (QED) is 0.923. The molecule has 0 amide bonds. The lowest BCUT2D eigenvalue weighted by Crippen LogP contribution is -2.40. The molecule has 1 aliphatic rings. The Labute approximate surface area is 114 Å². The molecule has 1 aromatic rings. The third kappa shape index (κ3) is 3.34. The highest BCUT2D eigenvalue weighted by molar-refractivity contribution is 7.89. The van der Waals surface area contributed by atoms with E-state index in [2.05, 4.69) is 11.6 Å². The first-order chi connectivity index (χ1) is 9.03. The summed E-state index contributed by atoms with van der Waals surface area (Å²) in [5.41, 5.74) is 0.361. The lowest BCUT2D eigenvalue weighted by Gasteiger charge is -2.29. The van der Waals surface area contributed by atoms with Crippen LogP contribution in [0, 0.1) is 17.2 Å². The minimum Gasteiger partial charge on any atom is -0.208 e. The van der Waals surface area contributed by atoms with E-state index in [0.717, 1.165) is 19.3 Å². The van der Waals surface area contributed by atoms with Crippen molar-refractivity contribution in [3.05, 3.63) is 29.8 Å². The summed E-state index contributed by atoms with van der Waals surface area (Å²) in [6, 6.07) is 8.09. The summed E-state index contributed by atoms with van der Waals surface area (Å²) in [5.74, 6) is 0.364. The molecule has 0 bridgehead atoms. The summed E-state index contributed by atoms with van der Waals surface area (Å²) in [5, 5.41) is 8.83. The van der Waals surface area contributed by atoms with Crippen molar-refractivity contribution in [2.24, 2.45) is 5.92 Å². The first-order valence-electron chi connectivity index (χ1n) is 6.55. The predicted molar refractivity (Wildman–Crippen MR) is 72.9 cm³/mol. The molecule has 1 aromatic carbocycles. The van der Waals surface area contributed by atoms with Gasteiger partial charge < -0.3 is 0 Å². The van der Waals surface area contributed by atoms with Gasteiger partial charge in [-0.15, -0.1) is 0 Å². The van der Waals surface area contributed by atoms with Gasteiger partial charge in [0.1, 0.15) is 0 Å². The van der Waals surface area contributed by atoms with Crippen LogP contribution >= 0.6 is 0 Å². The maximum absolute atomic E-state index is 12.3. The van der Waals surface area contributed by atoms with Gasteiger partial charge in [0.25, 0.3) is 0 Å². The Morgan fingerprint density at radius 1 is 1.32 bits per heavy atom. The average molecular weight is 278 g/mol. The minimum absolute atomic E-state index is 0.00416. The summed E-state index contributed by atoms with van der Waals surface area (Å²) >= 11 is 0. The van der Waals surface area contributed by atoms with Crippen LogP contribution in [0.3, 0.4) is 0 Å². The van der Waals surface area contributed by atoms with E-state index in [-0.39, 0.29) is 10.9 Å². The number of hydrogen-bond donors (Lipinski definition) is 1. The second-order valence-corrected chi connectivity index (χ2v) is 6.84. The van der Waals surface area contributed by atoms with Crippen LogP contribution in [0.4, 0.5) is 0 Å². The Kier molecular flexibility index (Phi) is 4.23. The van der Waals surface area contributed by atoms with Gasteiger partial charge in [-0.1, -0.05) is 25.8 Å². The smallest absolute Gasteiger partial charge is 0.208 e. The van der Waals surface area contributed by atoms with Gasteiger partial charge in [0.2, 0.25) is 10.0 Å². The molecule has 0 spiro atoms. The number of benzene rings is 1. The highest BCUT2D eigenvalue weighted by atomic mass is 32.2. The Morgan fingerprint density at radius 2 is 2.05 bits per heavy atom. The van der Waals surface area contributed by atoms with E-state index in [4.69, 9.17) is 5.26 Å². The fourth-order valence-corrected chi connectivity index (χ4v) is 3.92. The third-order valence-electron chi connectivity index (χ3n) is 3.69. The molecule has 5 heteroatoms. The van der Waals surface area contributed by atoms with Gasteiger partial charge in [-0.2, -0.15) is 5.26 Å². The number of rotatable bonds is 3. The lowest BCUT2D eigenvalue weighted by atomic mass is 9.87. The van der Waals surface area contributed by atoms with Crippen molar-refractivity contribution in [1.29, 1.82) is 5.26 Å². The number of sulfonamides is 1. The van der Waals surface area contributed by atoms with Crippen molar-refractivity contribution < 1.29 is 8.42 Å². The number of nitrogens with one attached hydrogen (secondary N) is 1. The van der Waals surface area contributed by atoms with E-state index in [9.17, 15) is 8.42 Å². The molecule has 1 aliphatic carbocycles. The van der Waals surface area contributed by atoms with Crippen molar-refractivity contribution in [3.63, 3.8) is 0 Å². The van der Waals surface area contributed by atoms with Crippen LogP contribution in [0.1, 0.15) is 38.2 Å². The first kappa shape index (κ1) is 14.0. The third-order valence-corrected chi connectivity index (χ3v) is 5.18. The molecule has 102 valence electrons. The van der Waals surface area contributed by atoms with E-state index >= 15 is 0 Å². The van der Waals surface area contributed by atoms with Crippen molar-refractivity contribution in [2.45, 2.75) is 43.5 Å². The monoisotopic (exact) mass is 278 g/mol. The molecule has 0 saturated heterocycles. The van der Waals surface area contributed by atoms with Crippen LogP contribution in [0.5, 0.6) is 0 Å². The molecule has 1 N–H and O–H groups in total. The summed E-state index contributed by atoms with van der Waals surface area (Å²) < 4.78 is 27.4. The minimum atomic E-state index is -3.53. The predicted octanol–water partition coefficient (Wildman–Crippen LogP) is 2.42. The highest BCUT2D eigenvalue weighted by Crippen LogP contribution is 2.25. The molecule has 19 heavy (non-hydrogen) atoms. The molecule has 2 atom stereocenters. The molecule has 0 aliphatic heterocycles. The summed E-state index contributed by atoms with van der Waals surface area (Å²) in [6.07, 6.45) is 4.18. The lowest BCUT2D eigenvalue weighted by molar-refractivity contribution is 0.310. The summed E-state index contributed by atoms with van der Waals surface area (Å²) in [7, 11) is -3.53. The normalized spacial score (nSPS) is 23.8. The maximum Gasteiger partial charge on any atom is 0.240 e. The number of hydrogen-bond acceptors (Lipinski definition) is 3. The Bertz CT molecular complexity index is 590. The van der Waals surface area contributed by atoms with Crippen LogP contribution in [0.15, 0.2) is 29.2 Å². The molecular formula is C14H18N2O2S. The van der Waals surface area contributed by atoms with Gasteiger partial charge >= 0.3 is 0 Å². The zero-order chi connectivity index (χ0) is 13.9. The van der Waals surface area contributed by atoms with Crippen LogP contribution < -0.4 is 4.72 Å². The molecule has 4 nitrogen and oxygen atoms in total. The van der Waals surface area contributed by atoms with E-state index < -0.39 is 10.0 Å². The van der Waals surface area contributed by atoms with Gasteiger partial charge in [0.05, 0.1) is 16.5 Å². The molecule has 2 unspecified atom stereocenters. The van der Waals surface area contributed by atoms with Crippen LogP contribution in [0.25, 0.3) is 0 Å². The summed E-state index contributed by atoms with van der Waals surface area (Å²) in [6.45, 7) is 2.08. The second-order valence-electron chi connectivity index (χ2n) is 5.13. The SMILES string of the molecule is CC1CCCCC1NS(=O)(=O)c1cccc(C#N)c1. The van der Waals surface area contributed by atoms with E-state index in [1.54, 1.807) is 12.1 Å². The van der Waals surface area contributed by atoms with Gasteiger partial charge in [0.15, 0.2) is 0 Å². The highest BCUT2D eigenvalue weighted by Gasteiger charge is 2.26. The molecule has 0 aromatic heterocycles. The molecule has 0 heterocycles. The second kappa shape index (κ2) is 5.72. The zero-order valence-electron chi connectivity index (χ0n) is 11.0. The largest absolute Gasteiger partial charge is 0.240 e. The summed E-state index contributed by atoms with van der Waals surface area (Å²) in [4.78, 5) is 0.171. The fraction of sp³-hybridized carbons (Fsp3) is 0.500. The maximum atomic E-state index is 12.3. The Morgan fingerprint density at radius 3 is 2.74 bits per heavy atom. The van der Waals surface area contributed by atoms with Crippen LogP contribution in [-0.4, -0.2) is 14.5 Å². The molecule has 0 radical (unpaired) electrons. The average Bonchev–Trinajstić information content (AvgIpc) is 2.41. The van der Waals surface area contributed by atoms with E-state index in [0.29, 0.717) is 11.5 Å². The number of nitriles is 1. The van der Waals surface area contributed by atoms with Crippen molar-refractivity contribution >= 4 is 10.0 Å². The topological polar surface area (TPSA) is 70.0 Å². The van der Waals surface area contributed by atoms with Crippen LogP contribution in [0.2, 0.25) is 0 Å². The van der Waals surface area contributed by atoms with E-state index in [1.165, 1.54) is 18.6 Å². The molecular weight excluding hydrogens is 260 g/mol. The Hall–Kier alpha value is -1.38. The van der Waals surface area contributed by atoms with Gasteiger partial charge in [-0.3, -0.25) is 0 Å². The Balaban J connectivity index is 2.20. The molecule has 1 saturated carbocycles. The van der Waals surface area contributed by atoms with Crippen molar-refractivity contribution in [1.82, 2.24) is 4.72 Å². The number of nitrogens with zero attached hydrogens (tertiary/aromatic N) is 1. The van der Waals surface area contributed by atoms with E-state index in [1.807, 2.05) is 6.07 Å². The molecule has 1 fully saturated rings. The van der Waals surface area contributed by atoms with Gasteiger partial charge in [0, 0.05) is 6.04 Å². The van der Waals surface area contributed by atoms with Crippen molar-refractivity contribution in [3.8, 4) is 6.07 Å².